The van der Waals surface area contributed by atoms with Crippen molar-refractivity contribution in [2.75, 3.05) is 32.1 Å². The number of rotatable bonds is 6. The number of carbonyl (C=O) groups excluding carboxylic acids is 1. The van der Waals surface area contributed by atoms with Crippen molar-refractivity contribution in [3.8, 4) is 28.3 Å². The topological polar surface area (TPSA) is 126 Å². The van der Waals surface area contributed by atoms with Crippen molar-refractivity contribution < 1.29 is 9.53 Å². The van der Waals surface area contributed by atoms with Crippen LogP contribution in [0.15, 0.2) is 65.7 Å². The fourth-order valence-corrected chi connectivity index (χ4v) is 8.00. The van der Waals surface area contributed by atoms with Crippen LogP contribution in [0.4, 0.5) is 16.3 Å². The van der Waals surface area contributed by atoms with Crippen LogP contribution in [0.1, 0.15) is 30.0 Å². The van der Waals surface area contributed by atoms with Gasteiger partial charge in [-0.25, -0.2) is 19.4 Å². The number of aromatic nitrogens is 4. The molecule has 2 fully saturated rings. The SMILES string of the molecule is COc1nc(-c2cccc(-c3cccc(Nc4nccc5cnn(C)c(=O)c45)c3Cl)c2Cl)cc2c1[C@@H](N1CC[C@]3(CNC(=O)N3)C1)CC2. The lowest BCUT2D eigenvalue weighted by Gasteiger charge is -2.28. The number of likely N-dealkylation sites (tertiary alicyclic amines) is 1. The summed E-state index contributed by atoms with van der Waals surface area (Å²) >= 11 is 14.2. The summed E-state index contributed by atoms with van der Waals surface area (Å²) in [7, 11) is 3.25. The molecule has 2 atom stereocenters. The normalized spacial score (nSPS) is 20.2. The summed E-state index contributed by atoms with van der Waals surface area (Å²) in [6, 6.07) is 15.4. The van der Waals surface area contributed by atoms with Gasteiger partial charge < -0.3 is 20.7 Å². The highest BCUT2D eigenvalue weighted by Gasteiger charge is 2.46. The molecule has 3 aliphatic rings. The molecule has 5 aromatic rings. The van der Waals surface area contributed by atoms with Gasteiger partial charge in [-0.15, -0.1) is 0 Å². The fraction of sp³-hybridized carbons (Fsp3) is 0.286. The van der Waals surface area contributed by atoms with Crippen LogP contribution in [0.2, 0.25) is 10.0 Å². The monoisotopic (exact) mass is 682 g/mol. The number of methoxy groups -OCH3 is 1. The summed E-state index contributed by atoms with van der Waals surface area (Å²) < 4.78 is 7.18. The standard InChI is InChI=1S/C35H32Cl2N8O3/c1-44-33(46)28-20(16-40-44)11-13-38-31(28)41-24-8-4-6-22(30(24)37)21-5-3-7-23(29(21)36)25-15-19-9-10-26(27(19)32(42-25)48-2)45-14-12-35(18-45)17-39-34(47)43-35/h3-8,11,13,15-16,26H,9-10,12,14,17-18H2,1-2H3,(H,38,41)(H2,39,43,47)/t26-,35-/m0/s1. The maximum atomic E-state index is 12.9. The van der Waals surface area contributed by atoms with Gasteiger partial charge in [-0.3, -0.25) is 9.69 Å². The Morgan fingerprint density at radius 1 is 1.06 bits per heavy atom. The number of anilines is 2. The number of aryl methyl sites for hydroxylation is 2. The van der Waals surface area contributed by atoms with Gasteiger partial charge in [-0.1, -0.05) is 53.5 Å². The second-order valence-corrected chi connectivity index (χ2v) is 13.4. The third kappa shape index (κ3) is 5.04. The highest BCUT2D eigenvalue weighted by atomic mass is 35.5. The van der Waals surface area contributed by atoms with Gasteiger partial charge in [0.05, 0.1) is 45.7 Å². The van der Waals surface area contributed by atoms with Gasteiger partial charge in [0.1, 0.15) is 5.82 Å². The maximum Gasteiger partial charge on any atom is 0.315 e. The number of urea groups is 1. The predicted molar refractivity (Wildman–Crippen MR) is 186 cm³/mol. The summed E-state index contributed by atoms with van der Waals surface area (Å²) in [5.74, 6) is 0.977. The van der Waals surface area contributed by atoms with E-state index in [9.17, 15) is 9.59 Å². The Morgan fingerprint density at radius 3 is 2.65 bits per heavy atom. The Morgan fingerprint density at radius 2 is 1.85 bits per heavy atom. The molecular formula is C35H32Cl2N8O3. The molecule has 2 aliphatic heterocycles. The largest absolute Gasteiger partial charge is 0.481 e. The zero-order valence-electron chi connectivity index (χ0n) is 26.3. The van der Waals surface area contributed by atoms with Crippen molar-refractivity contribution >= 4 is 51.5 Å². The number of fused-ring (bicyclic) bond motifs is 2. The lowest BCUT2D eigenvalue weighted by Crippen LogP contribution is -2.46. The molecule has 3 N–H and O–H groups in total. The predicted octanol–water partition coefficient (Wildman–Crippen LogP) is 5.86. The molecule has 11 nitrogen and oxygen atoms in total. The number of ether oxygens (including phenoxy) is 1. The van der Waals surface area contributed by atoms with Gasteiger partial charge in [-0.05, 0) is 43.0 Å². The number of carbonyl (C=O) groups is 1. The minimum atomic E-state index is -0.265. The summed E-state index contributed by atoms with van der Waals surface area (Å²) in [5.41, 5.74) is 5.33. The van der Waals surface area contributed by atoms with E-state index in [2.05, 4.69) is 37.0 Å². The molecule has 1 aliphatic carbocycles. The molecule has 48 heavy (non-hydrogen) atoms. The molecule has 2 amide bonds. The molecule has 2 saturated heterocycles. The van der Waals surface area contributed by atoms with Gasteiger partial charge in [0.25, 0.3) is 5.56 Å². The summed E-state index contributed by atoms with van der Waals surface area (Å²) in [6.07, 6.45) is 5.99. The Hall–Kier alpha value is -4.71. The Bertz CT molecular complexity index is 2190. The van der Waals surface area contributed by atoms with Crippen LogP contribution in [0.25, 0.3) is 33.2 Å². The van der Waals surface area contributed by atoms with Crippen molar-refractivity contribution in [1.29, 1.82) is 0 Å². The Kier molecular flexibility index (Phi) is 7.50. The van der Waals surface area contributed by atoms with Crippen LogP contribution >= 0.6 is 23.2 Å². The first-order chi connectivity index (χ1) is 23.2. The second kappa shape index (κ2) is 11.8. The number of pyridine rings is 2. The highest BCUT2D eigenvalue weighted by molar-refractivity contribution is 6.39. The molecule has 2 aromatic carbocycles. The number of hydrogen-bond acceptors (Lipinski definition) is 8. The molecular weight excluding hydrogens is 651 g/mol. The van der Waals surface area contributed by atoms with Crippen molar-refractivity contribution in [3.63, 3.8) is 0 Å². The van der Waals surface area contributed by atoms with Gasteiger partial charge in [0.15, 0.2) is 0 Å². The number of amides is 2. The molecule has 0 saturated carbocycles. The quantitative estimate of drug-likeness (QED) is 0.203. The third-order valence-electron chi connectivity index (χ3n) is 9.79. The molecule has 0 radical (unpaired) electrons. The fourth-order valence-electron chi connectivity index (χ4n) is 7.41. The van der Waals surface area contributed by atoms with E-state index >= 15 is 0 Å². The number of halogens is 2. The lowest BCUT2D eigenvalue weighted by atomic mass is 9.99. The van der Waals surface area contributed by atoms with Crippen LogP contribution in [0.5, 0.6) is 5.88 Å². The molecule has 3 aromatic heterocycles. The summed E-state index contributed by atoms with van der Waals surface area (Å²) in [6.45, 7) is 2.32. The van der Waals surface area contributed by atoms with Gasteiger partial charge in [-0.2, -0.15) is 5.10 Å². The van der Waals surface area contributed by atoms with Crippen LogP contribution in [0, 0.1) is 0 Å². The first-order valence-electron chi connectivity index (χ1n) is 15.8. The highest BCUT2D eigenvalue weighted by Crippen LogP contribution is 2.47. The van der Waals surface area contributed by atoms with Gasteiger partial charge >= 0.3 is 6.03 Å². The Labute approximate surface area is 286 Å². The first-order valence-corrected chi connectivity index (χ1v) is 16.5. The van der Waals surface area contributed by atoms with Gasteiger partial charge in [0.2, 0.25) is 5.88 Å². The number of nitrogens with zero attached hydrogens (tertiary/aromatic N) is 5. The molecule has 5 heterocycles. The van der Waals surface area contributed by atoms with E-state index in [4.69, 9.17) is 32.9 Å². The van der Waals surface area contributed by atoms with Crippen LogP contribution in [-0.4, -0.2) is 63.0 Å². The van der Waals surface area contributed by atoms with E-state index in [-0.39, 0.29) is 23.2 Å². The van der Waals surface area contributed by atoms with Crippen LogP contribution in [0.3, 0.4) is 0 Å². The van der Waals surface area contributed by atoms with Gasteiger partial charge in [0, 0.05) is 66.6 Å². The zero-order valence-corrected chi connectivity index (χ0v) is 27.8. The molecule has 0 unspecified atom stereocenters. The van der Waals surface area contributed by atoms with E-state index in [0.29, 0.717) is 50.3 Å². The first kappa shape index (κ1) is 30.6. The molecule has 13 heteroatoms. The number of nitrogens with one attached hydrogen (secondary N) is 3. The van der Waals surface area contributed by atoms with Crippen LogP contribution < -0.4 is 26.2 Å². The molecule has 0 bridgehead atoms. The van der Waals surface area contributed by atoms with E-state index in [0.717, 1.165) is 54.7 Å². The number of benzene rings is 2. The summed E-state index contributed by atoms with van der Waals surface area (Å²) in [5, 5.41) is 15.5. The lowest BCUT2D eigenvalue weighted by molar-refractivity contribution is 0.219. The van der Waals surface area contributed by atoms with Crippen LogP contribution in [-0.2, 0) is 13.5 Å². The minimum absolute atomic E-state index is 0.0948. The molecule has 8 rings (SSSR count). The van der Waals surface area contributed by atoms with Crippen molar-refractivity contribution in [2.45, 2.75) is 30.8 Å². The van der Waals surface area contributed by atoms with Crippen molar-refractivity contribution in [2.24, 2.45) is 7.05 Å². The van der Waals surface area contributed by atoms with Crippen molar-refractivity contribution in [1.82, 2.24) is 35.3 Å². The average Bonchev–Trinajstić information content (AvgIpc) is 3.81. The Balaban J connectivity index is 1.12. The van der Waals surface area contributed by atoms with E-state index < -0.39 is 0 Å². The summed E-state index contributed by atoms with van der Waals surface area (Å²) in [4.78, 5) is 36.7. The second-order valence-electron chi connectivity index (χ2n) is 12.6. The number of hydrogen-bond donors (Lipinski definition) is 3. The zero-order chi connectivity index (χ0) is 33.2. The smallest absolute Gasteiger partial charge is 0.315 e. The van der Waals surface area contributed by atoms with E-state index in [1.807, 2.05) is 36.4 Å². The van der Waals surface area contributed by atoms with E-state index in [1.165, 1.54) is 10.2 Å². The van der Waals surface area contributed by atoms with E-state index in [1.54, 1.807) is 32.6 Å². The minimum Gasteiger partial charge on any atom is -0.481 e. The molecule has 1 spiro atoms. The maximum absolute atomic E-state index is 12.9. The third-order valence-corrected chi connectivity index (χ3v) is 10.6. The van der Waals surface area contributed by atoms with Crippen molar-refractivity contribution in [3.05, 3.63) is 92.5 Å². The average molecular weight is 684 g/mol. The molecule has 244 valence electrons.